The van der Waals surface area contributed by atoms with Crippen molar-refractivity contribution in [2.75, 3.05) is 18.0 Å². The Bertz CT molecular complexity index is 395. The molecule has 0 atom stereocenters. The van der Waals surface area contributed by atoms with Gasteiger partial charge in [0.2, 0.25) is 0 Å². The van der Waals surface area contributed by atoms with E-state index in [9.17, 15) is 4.79 Å². The van der Waals surface area contributed by atoms with Crippen molar-refractivity contribution in [1.82, 2.24) is 9.78 Å². The molecule has 0 aliphatic carbocycles. The molecule has 1 aromatic heterocycles. The van der Waals surface area contributed by atoms with Crippen LogP contribution in [-0.4, -0.2) is 22.9 Å². The number of nitrogens with zero attached hydrogens (tertiary/aromatic N) is 2. The molecule has 4 heteroatoms. The lowest BCUT2D eigenvalue weighted by Gasteiger charge is -2.38. The molecule has 1 fully saturated rings. The van der Waals surface area contributed by atoms with E-state index in [1.165, 1.54) is 18.5 Å². The lowest BCUT2D eigenvalue weighted by molar-refractivity contribution is 0.464. The molecule has 4 rings (SSSR count). The van der Waals surface area contributed by atoms with Crippen LogP contribution in [0.1, 0.15) is 24.5 Å². The van der Waals surface area contributed by atoms with Crippen molar-refractivity contribution < 1.29 is 0 Å². The van der Waals surface area contributed by atoms with Crippen LogP contribution in [0.2, 0.25) is 0 Å². The highest BCUT2D eigenvalue weighted by molar-refractivity contribution is 5.55. The highest BCUT2D eigenvalue weighted by Crippen LogP contribution is 2.38. The van der Waals surface area contributed by atoms with Crippen molar-refractivity contribution in [3.8, 4) is 0 Å². The maximum absolute atomic E-state index is 11.7. The topological polar surface area (TPSA) is 41.0 Å². The molecule has 0 saturated carbocycles. The predicted octanol–water partition coefficient (Wildman–Crippen LogP) is 0.411. The van der Waals surface area contributed by atoms with Crippen molar-refractivity contribution in [3.63, 3.8) is 0 Å². The molecule has 1 N–H and O–H groups in total. The Kier molecular flexibility index (Phi) is 1.22. The second kappa shape index (κ2) is 2.19. The van der Waals surface area contributed by atoms with Crippen LogP contribution >= 0.6 is 0 Å². The molecule has 2 bridgehead atoms. The Morgan fingerprint density at radius 3 is 2.69 bits per heavy atom. The van der Waals surface area contributed by atoms with E-state index < -0.39 is 0 Å². The molecule has 4 heterocycles. The van der Waals surface area contributed by atoms with Crippen LogP contribution in [0, 0.1) is 0 Å². The quantitative estimate of drug-likeness (QED) is 0.626. The molecule has 0 radical (unpaired) electrons. The molecule has 1 aromatic rings. The van der Waals surface area contributed by atoms with E-state index in [0.29, 0.717) is 5.92 Å². The molecule has 0 amide bonds. The average molecular weight is 179 g/mol. The molecular formula is C9H13N3O. The first-order valence-electron chi connectivity index (χ1n) is 4.81. The first-order chi connectivity index (χ1) is 6.27. The predicted molar refractivity (Wildman–Crippen MR) is 50.2 cm³/mol. The first-order valence-corrected chi connectivity index (χ1v) is 4.81. The number of fused-ring (bicyclic) bond motifs is 2. The molecule has 0 spiro atoms. The van der Waals surface area contributed by atoms with Crippen LogP contribution < -0.4 is 10.5 Å². The fourth-order valence-corrected chi connectivity index (χ4v) is 2.54. The summed E-state index contributed by atoms with van der Waals surface area (Å²) in [7, 11) is 1.79. The number of aromatic nitrogens is 2. The summed E-state index contributed by atoms with van der Waals surface area (Å²) in [5, 5.41) is 3.16. The van der Waals surface area contributed by atoms with Gasteiger partial charge in [-0.15, -0.1) is 0 Å². The summed E-state index contributed by atoms with van der Waals surface area (Å²) >= 11 is 0. The minimum atomic E-state index is 0.138. The van der Waals surface area contributed by atoms with Crippen molar-refractivity contribution in [3.05, 3.63) is 16.0 Å². The van der Waals surface area contributed by atoms with Gasteiger partial charge in [0.1, 0.15) is 5.69 Å². The number of hydrogen-bond donors (Lipinski definition) is 1. The summed E-state index contributed by atoms with van der Waals surface area (Å²) in [5.74, 6) is 0.605. The number of nitrogens with one attached hydrogen (secondary N) is 1. The van der Waals surface area contributed by atoms with E-state index in [2.05, 4.69) is 10.00 Å². The normalized spacial score (nSPS) is 20.8. The van der Waals surface area contributed by atoms with Gasteiger partial charge in [0.15, 0.2) is 0 Å². The molecule has 0 unspecified atom stereocenters. The number of H-pyrrole nitrogens is 1. The first kappa shape index (κ1) is 7.24. The summed E-state index contributed by atoms with van der Waals surface area (Å²) in [6, 6.07) is 0. The third-order valence-electron chi connectivity index (χ3n) is 3.27. The number of rotatable bonds is 0. The molecule has 1 saturated heterocycles. The van der Waals surface area contributed by atoms with Gasteiger partial charge in [-0.1, -0.05) is 0 Å². The van der Waals surface area contributed by atoms with E-state index >= 15 is 0 Å². The van der Waals surface area contributed by atoms with Crippen LogP contribution in [0.15, 0.2) is 4.79 Å². The summed E-state index contributed by atoms with van der Waals surface area (Å²) < 4.78 is 1.60. The van der Waals surface area contributed by atoms with Crippen LogP contribution in [0.4, 0.5) is 5.69 Å². The number of hydrogen-bond acceptors (Lipinski definition) is 2. The van der Waals surface area contributed by atoms with E-state index in [0.717, 1.165) is 18.8 Å². The van der Waals surface area contributed by atoms with Crippen molar-refractivity contribution in [2.24, 2.45) is 7.05 Å². The van der Waals surface area contributed by atoms with Gasteiger partial charge >= 0.3 is 0 Å². The van der Waals surface area contributed by atoms with Gasteiger partial charge < -0.3 is 4.90 Å². The van der Waals surface area contributed by atoms with Gasteiger partial charge in [0.25, 0.3) is 5.56 Å². The summed E-state index contributed by atoms with van der Waals surface area (Å²) in [5.41, 5.74) is 2.24. The summed E-state index contributed by atoms with van der Waals surface area (Å²) in [6.07, 6.45) is 2.40. The minimum Gasteiger partial charge on any atom is -0.366 e. The van der Waals surface area contributed by atoms with Crippen LogP contribution in [0.25, 0.3) is 0 Å². The van der Waals surface area contributed by atoms with Crippen LogP contribution in [0.5, 0.6) is 0 Å². The molecule has 4 nitrogen and oxygen atoms in total. The SMILES string of the molecule is Cn1[nH]c2c(c1=O)N1CCC2CC1. The highest BCUT2D eigenvalue weighted by atomic mass is 16.1. The molecule has 3 aliphatic heterocycles. The summed E-state index contributed by atoms with van der Waals surface area (Å²) in [6.45, 7) is 2.12. The van der Waals surface area contributed by atoms with Crippen LogP contribution in [-0.2, 0) is 7.05 Å². The maximum atomic E-state index is 11.7. The zero-order chi connectivity index (χ0) is 9.00. The molecule has 0 aromatic carbocycles. The summed E-state index contributed by atoms with van der Waals surface area (Å²) in [4.78, 5) is 13.9. The maximum Gasteiger partial charge on any atom is 0.290 e. The zero-order valence-electron chi connectivity index (χ0n) is 7.71. The van der Waals surface area contributed by atoms with Crippen molar-refractivity contribution in [2.45, 2.75) is 18.8 Å². The zero-order valence-corrected chi connectivity index (χ0v) is 7.71. The van der Waals surface area contributed by atoms with E-state index in [4.69, 9.17) is 0 Å². The lowest BCUT2D eigenvalue weighted by Crippen LogP contribution is -2.40. The van der Waals surface area contributed by atoms with E-state index in [-0.39, 0.29) is 5.56 Å². The fourth-order valence-electron chi connectivity index (χ4n) is 2.54. The minimum absolute atomic E-state index is 0.138. The smallest absolute Gasteiger partial charge is 0.290 e. The van der Waals surface area contributed by atoms with Gasteiger partial charge in [-0.25, -0.2) is 0 Å². The molecule has 70 valence electrons. The molecule has 3 aliphatic rings. The third kappa shape index (κ3) is 0.779. The Balaban J connectivity index is 2.29. The van der Waals surface area contributed by atoms with E-state index in [1.54, 1.807) is 11.7 Å². The van der Waals surface area contributed by atoms with Crippen LogP contribution in [0.3, 0.4) is 0 Å². The highest BCUT2D eigenvalue weighted by Gasteiger charge is 2.34. The van der Waals surface area contributed by atoms with Gasteiger partial charge in [-0.3, -0.25) is 14.6 Å². The monoisotopic (exact) mass is 179 g/mol. The molecule has 13 heavy (non-hydrogen) atoms. The number of anilines is 1. The Morgan fingerprint density at radius 1 is 1.38 bits per heavy atom. The Labute approximate surface area is 76.1 Å². The average Bonchev–Trinajstić information content (AvgIpc) is 2.47. The molecular weight excluding hydrogens is 166 g/mol. The Hall–Kier alpha value is -1.19. The van der Waals surface area contributed by atoms with Gasteiger partial charge in [-0.05, 0) is 12.8 Å². The van der Waals surface area contributed by atoms with Crippen molar-refractivity contribution >= 4 is 5.69 Å². The van der Waals surface area contributed by atoms with E-state index in [1.807, 2.05) is 0 Å². The standard InChI is InChI=1S/C9H13N3O/c1-11-9(13)8-7(10-11)6-2-4-12(8)5-3-6/h6,10H,2-5H2,1H3. The van der Waals surface area contributed by atoms with Gasteiger partial charge in [0, 0.05) is 26.1 Å². The van der Waals surface area contributed by atoms with Gasteiger partial charge in [-0.2, -0.15) is 0 Å². The lowest BCUT2D eigenvalue weighted by atomic mass is 9.88. The fraction of sp³-hybridized carbons (Fsp3) is 0.667. The number of aryl methyl sites for hydroxylation is 1. The largest absolute Gasteiger partial charge is 0.366 e. The second-order valence-electron chi connectivity index (χ2n) is 4.00. The Morgan fingerprint density at radius 2 is 2.08 bits per heavy atom. The van der Waals surface area contributed by atoms with Gasteiger partial charge in [0.05, 0.1) is 5.69 Å². The number of aromatic amines is 1. The number of piperidine rings is 1. The second-order valence-corrected chi connectivity index (χ2v) is 4.00. The van der Waals surface area contributed by atoms with Crippen molar-refractivity contribution in [1.29, 1.82) is 0 Å². The third-order valence-corrected chi connectivity index (χ3v) is 3.27.